The molecule has 4 heteroatoms. The molecule has 0 aliphatic heterocycles. The molecule has 1 aliphatic rings. The molecule has 2 atom stereocenters. The highest BCUT2D eigenvalue weighted by Gasteiger charge is 2.50. The summed E-state index contributed by atoms with van der Waals surface area (Å²) >= 11 is 0. The highest BCUT2D eigenvalue weighted by Crippen LogP contribution is 2.52. The van der Waals surface area contributed by atoms with Gasteiger partial charge in [-0.15, -0.1) is 0 Å². The van der Waals surface area contributed by atoms with Crippen LogP contribution in [0.2, 0.25) is 0 Å². The van der Waals surface area contributed by atoms with Crippen molar-refractivity contribution < 1.29 is 19.8 Å². The van der Waals surface area contributed by atoms with E-state index in [0.717, 1.165) is 35.1 Å². The fourth-order valence-corrected chi connectivity index (χ4v) is 4.49. The van der Waals surface area contributed by atoms with Gasteiger partial charge in [0.05, 0.1) is 0 Å². The Morgan fingerprint density at radius 1 is 1.04 bits per heavy atom. The van der Waals surface area contributed by atoms with E-state index in [1.54, 1.807) is 0 Å². The molecule has 148 valence electrons. The summed E-state index contributed by atoms with van der Waals surface area (Å²) in [5, 5.41) is 19.4. The first-order valence-electron chi connectivity index (χ1n) is 9.71. The SMILES string of the molecule is Cc1ccc([C@@]2(C)CCc3cc(C)ccc3[C@H]2CC(C)(C(=O)O)C(=O)O)cc1. The summed E-state index contributed by atoms with van der Waals surface area (Å²) in [5.41, 5.74) is 3.57. The van der Waals surface area contributed by atoms with Gasteiger partial charge in [0.1, 0.15) is 0 Å². The number of carboxylic acids is 2. The first-order valence-corrected chi connectivity index (χ1v) is 9.71. The Morgan fingerprint density at radius 3 is 2.18 bits per heavy atom. The maximum Gasteiger partial charge on any atom is 0.320 e. The fraction of sp³-hybridized carbons (Fsp3) is 0.417. The Morgan fingerprint density at radius 2 is 1.61 bits per heavy atom. The fourth-order valence-electron chi connectivity index (χ4n) is 4.49. The quantitative estimate of drug-likeness (QED) is 0.727. The van der Waals surface area contributed by atoms with Crippen molar-refractivity contribution >= 4 is 11.9 Å². The Hall–Kier alpha value is -2.62. The van der Waals surface area contributed by atoms with E-state index >= 15 is 0 Å². The van der Waals surface area contributed by atoms with E-state index in [1.165, 1.54) is 12.5 Å². The Labute approximate surface area is 166 Å². The van der Waals surface area contributed by atoms with E-state index < -0.39 is 17.4 Å². The molecule has 0 spiro atoms. The molecule has 0 heterocycles. The second-order valence-electron chi connectivity index (χ2n) is 8.68. The smallest absolute Gasteiger partial charge is 0.320 e. The average molecular weight is 380 g/mol. The molecule has 4 nitrogen and oxygen atoms in total. The number of benzene rings is 2. The number of hydrogen-bond acceptors (Lipinski definition) is 2. The summed E-state index contributed by atoms with van der Waals surface area (Å²) in [7, 11) is 0. The number of hydrogen-bond donors (Lipinski definition) is 2. The van der Waals surface area contributed by atoms with Crippen molar-refractivity contribution in [3.63, 3.8) is 0 Å². The molecule has 0 aromatic heterocycles. The van der Waals surface area contributed by atoms with E-state index in [9.17, 15) is 19.8 Å². The zero-order valence-electron chi connectivity index (χ0n) is 17.0. The van der Waals surface area contributed by atoms with E-state index in [4.69, 9.17) is 0 Å². The highest BCUT2D eigenvalue weighted by atomic mass is 16.4. The summed E-state index contributed by atoms with van der Waals surface area (Å²) in [5.74, 6) is -2.77. The van der Waals surface area contributed by atoms with Gasteiger partial charge in [0, 0.05) is 0 Å². The van der Waals surface area contributed by atoms with Crippen LogP contribution in [0.4, 0.5) is 0 Å². The van der Waals surface area contributed by atoms with Crippen LogP contribution in [0.3, 0.4) is 0 Å². The van der Waals surface area contributed by atoms with Crippen molar-refractivity contribution in [2.24, 2.45) is 5.41 Å². The lowest BCUT2D eigenvalue weighted by molar-refractivity contribution is -0.164. The molecule has 2 aromatic carbocycles. The predicted octanol–water partition coefficient (Wildman–Crippen LogP) is 4.86. The maximum atomic E-state index is 11.9. The zero-order chi connectivity index (χ0) is 20.7. The first-order chi connectivity index (χ1) is 13.1. The van der Waals surface area contributed by atoms with Crippen LogP contribution >= 0.6 is 0 Å². The Balaban J connectivity index is 2.17. The van der Waals surface area contributed by atoms with E-state index in [2.05, 4.69) is 43.3 Å². The number of carboxylic acid groups (broad SMARTS) is 2. The topological polar surface area (TPSA) is 74.6 Å². The van der Waals surface area contributed by atoms with E-state index in [1.807, 2.05) is 19.9 Å². The van der Waals surface area contributed by atoms with Crippen LogP contribution in [0.15, 0.2) is 42.5 Å². The van der Waals surface area contributed by atoms with Gasteiger partial charge in [-0.05, 0) is 68.1 Å². The number of aliphatic carboxylic acids is 2. The molecule has 0 saturated heterocycles. The minimum atomic E-state index is -1.84. The summed E-state index contributed by atoms with van der Waals surface area (Å²) < 4.78 is 0. The second kappa shape index (κ2) is 7.08. The largest absolute Gasteiger partial charge is 0.480 e. The predicted molar refractivity (Wildman–Crippen MR) is 109 cm³/mol. The van der Waals surface area contributed by atoms with Crippen molar-refractivity contribution in [2.75, 3.05) is 0 Å². The molecule has 2 aromatic rings. The summed E-state index contributed by atoms with van der Waals surface area (Å²) in [4.78, 5) is 23.8. The zero-order valence-corrected chi connectivity index (χ0v) is 17.0. The van der Waals surface area contributed by atoms with Crippen LogP contribution in [-0.2, 0) is 21.4 Å². The molecule has 2 N–H and O–H groups in total. The van der Waals surface area contributed by atoms with Gasteiger partial charge in [0.15, 0.2) is 5.41 Å². The van der Waals surface area contributed by atoms with Gasteiger partial charge >= 0.3 is 11.9 Å². The van der Waals surface area contributed by atoms with Crippen molar-refractivity contribution in [3.05, 3.63) is 70.3 Å². The lowest BCUT2D eigenvalue weighted by atomic mass is 9.58. The molecule has 28 heavy (non-hydrogen) atoms. The Kier molecular flexibility index (Phi) is 5.09. The lowest BCUT2D eigenvalue weighted by Gasteiger charge is -2.45. The highest BCUT2D eigenvalue weighted by molar-refractivity contribution is 5.97. The third-order valence-corrected chi connectivity index (χ3v) is 6.62. The van der Waals surface area contributed by atoms with Crippen molar-refractivity contribution in [1.82, 2.24) is 0 Å². The minimum absolute atomic E-state index is 0.0537. The van der Waals surface area contributed by atoms with Crippen LogP contribution in [0.5, 0.6) is 0 Å². The molecule has 0 amide bonds. The number of rotatable bonds is 5. The van der Waals surface area contributed by atoms with Crippen LogP contribution in [0.25, 0.3) is 0 Å². The van der Waals surface area contributed by atoms with Gasteiger partial charge in [0.2, 0.25) is 0 Å². The summed E-state index contributed by atoms with van der Waals surface area (Å²) in [6.45, 7) is 7.56. The third kappa shape index (κ3) is 3.32. The van der Waals surface area contributed by atoms with Gasteiger partial charge < -0.3 is 10.2 Å². The van der Waals surface area contributed by atoms with Crippen LogP contribution < -0.4 is 0 Å². The molecule has 3 rings (SSSR count). The normalized spacial score (nSPS) is 21.8. The summed E-state index contributed by atoms with van der Waals surface area (Å²) in [6, 6.07) is 14.6. The van der Waals surface area contributed by atoms with Crippen molar-refractivity contribution in [2.45, 2.75) is 58.3 Å². The Bertz CT molecular complexity index is 899. The van der Waals surface area contributed by atoms with Gasteiger partial charge in [-0.3, -0.25) is 9.59 Å². The second-order valence-corrected chi connectivity index (χ2v) is 8.68. The molecular weight excluding hydrogens is 352 g/mol. The molecule has 0 bridgehead atoms. The molecular formula is C24H28O4. The monoisotopic (exact) mass is 380 g/mol. The lowest BCUT2D eigenvalue weighted by Crippen LogP contribution is -2.43. The van der Waals surface area contributed by atoms with Crippen molar-refractivity contribution in [3.8, 4) is 0 Å². The van der Waals surface area contributed by atoms with E-state index in [0.29, 0.717) is 0 Å². The number of fused-ring (bicyclic) bond motifs is 1. The van der Waals surface area contributed by atoms with Crippen LogP contribution in [-0.4, -0.2) is 22.2 Å². The molecule has 1 aliphatic carbocycles. The molecule has 0 saturated carbocycles. The van der Waals surface area contributed by atoms with Crippen LogP contribution in [0, 0.1) is 19.3 Å². The van der Waals surface area contributed by atoms with Gasteiger partial charge in [-0.2, -0.15) is 0 Å². The number of carbonyl (C=O) groups is 2. The molecule has 0 radical (unpaired) electrons. The van der Waals surface area contributed by atoms with E-state index in [-0.39, 0.29) is 17.8 Å². The van der Waals surface area contributed by atoms with Crippen LogP contribution in [0.1, 0.15) is 60.4 Å². The van der Waals surface area contributed by atoms with Crippen molar-refractivity contribution in [1.29, 1.82) is 0 Å². The van der Waals surface area contributed by atoms with Gasteiger partial charge in [-0.1, -0.05) is 60.5 Å². The van der Waals surface area contributed by atoms with Gasteiger partial charge in [0.25, 0.3) is 0 Å². The van der Waals surface area contributed by atoms with Gasteiger partial charge in [-0.25, -0.2) is 0 Å². The third-order valence-electron chi connectivity index (χ3n) is 6.62. The minimum Gasteiger partial charge on any atom is -0.480 e. The standard InChI is InChI=1S/C24H28O4/c1-15-5-8-18(9-6-15)23(3)12-11-17-13-16(2)7-10-19(17)20(23)14-24(4,21(25)26)22(27)28/h5-10,13,20H,11-12,14H2,1-4H3,(H,25,26)(H,27,28)/t20-,23-/m1/s1. The molecule has 0 unspecified atom stereocenters. The summed E-state index contributed by atoms with van der Waals surface area (Å²) in [6.07, 6.45) is 1.80. The maximum absolute atomic E-state index is 11.9. The average Bonchev–Trinajstić information content (AvgIpc) is 2.64. The first kappa shape index (κ1) is 20.1. The number of aryl methyl sites for hydroxylation is 3. The molecule has 0 fully saturated rings.